The number of hydrogen-bond donors (Lipinski definition) is 2. The van der Waals surface area contributed by atoms with Gasteiger partial charge in [0, 0.05) is 6.20 Å². The topological polar surface area (TPSA) is 131 Å². The van der Waals surface area contributed by atoms with Crippen LogP contribution in [0.25, 0.3) is 11.5 Å². The zero-order chi connectivity index (χ0) is 13.8. The number of pyridine rings is 1. The summed E-state index contributed by atoms with van der Waals surface area (Å²) in [6.07, 6.45) is 1.40. The first-order valence-corrected chi connectivity index (χ1v) is 6.02. The Morgan fingerprint density at radius 1 is 1.53 bits per heavy atom. The summed E-state index contributed by atoms with van der Waals surface area (Å²) in [5.74, 6) is 4.94. The van der Waals surface area contributed by atoms with Crippen LogP contribution in [0.3, 0.4) is 0 Å². The number of aromatic nitrogens is 4. The van der Waals surface area contributed by atoms with E-state index in [1.165, 1.54) is 10.9 Å². The molecule has 2 aromatic heterocycles. The molecule has 0 radical (unpaired) electrons. The molecule has 0 aliphatic heterocycles. The highest BCUT2D eigenvalue weighted by Gasteiger charge is 2.14. The van der Waals surface area contributed by atoms with Gasteiger partial charge in [0.2, 0.25) is 11.0 Å². The second kappa shape index (κ2) is 5.36. The van der Waals surface area contributed by atoms with Crippen LogP contribution in [0.5, 0.6) is 0 Å². The second-order valence-electron chi connectivity index (χ2n) is 3.40. The molecule has 0 atom stereocenters. The van der Waals surface area contributed by atoms with Gasteiger partial charge < -0.3 is 10.9 Å². The van der Waals surface area contributed by atoms with Gasteiger partial charge in [-0.05, 0) is 12.1 Å². The number of aliphatic carboxylic acids is 1. The Bertz CT molecular complexity index is 645. The standard InChI is InChI=1S/C10H8N6O2S/c11-3-6-1-2-7(13-4-6)9-14-15-10(16(9)12)19-5-8(17)18/h1-2,4H,5,12H2,(H,17,18). The summed E-state index contributed by atoms with van der Waals surface area (Å²) in [4.78, 5) is 14.5. The highest BCUT2D eigenvalue weighted by atomic mass is 32.2. The van der Waals surface area contributed by atoms with Crippen molar-refractivity contribution in [1.29, 1.82) is 5.26 Å². The zero-order valence-electron chi connectivity index (χ0n) is 9.52. The Balaban J connectivity index is 2.25. The van der Waals surface area contributed by atoms with Gasteiger partial charge in [-0.25, -0.2) is 4.68 Å². The molecule has 2 heterocycles. The van der Waals surface area contributed by atoms with Gasteiger partial charge in [0.25, 0.3) is 0 Å². The third-order valence-electron chi connectivity index (χ3n) is 2.11. The lowest BCUT2D eigenvalue weighted by atomic mass is 10.2. The van der Waals surface area contributed by atoms with Crippen LogP contribution in [-0.2, 0) is 4.79 Å². The molecule has 0 aromatic carbocycles. The highest BCUT2D eigenvalue weighted by Crippen LogP contribution is 2.19. The quantitative estimate of drug-likeness (QED) is 0.594. The minimum Gasteiger partial charge on any atom is -0.481 e. The molecule has 0 saturated heterocycles. The monoisotopic (exact) mass is 276 g/mol. The Labute approximate surface area is 111 Å². The highest BCUT2D eigenvalue weighted by molar-refractivity contribution is 7.99. The molecule has 0 unspecified atom stereocenters. The molecule has 0 saturated carbocycles. The first-order valence-electron chi connectivity index (χ1n) is 5.03. The number of thioether (sulfide) groups is 1. The smallest absolute Gasteiger partial charge is 0.313 e. The zero-order valence-corrected chi connectivity index (χ0v) is 10.3. The summed E-state index contributed by atoms with van der Waals surface area (Å²) >= 11 is 0.963. The number of rotatable bonds is 4. The van der Waals surface area contributed by atoms with E-state index in [4.69, 9.17) is 16.2 Å². The molecular formula is C10H8N6O2S. The molecule has 0 amide bonds. The first-order chi connectivity index (χ1) is 9.11. The van der Waals surface area contributed by atoms with Crippen LogP contribution < -0.4 is 5.84 Å². The summed E-state index contributed by atoms with van der Waals surface area (Å²) in [5, 5.41) is 25.2. The van der Waals surface area contributed by atoms with Crippen LogP contribution in [0.1, 0.15) is 5.56 Å². The number of nitrogens with two attached hydrogens (primary N) is 1. The van der Waals surface area contributed by atoms with Gasteiger partial charge in [-0.15, -0.1) is 10.2 Å². The normalized spacial score (nSPS) is 10.1. The van der Waals surface area contributed by atoms with Crippen molar-refractivity contribution < 1.29 is 9.90 Å². The van der Waals surface area contributed by atoms with E-state index in [1.54, 1.807) is 12.1 Å². The molecule has 0 aliphatic rings. The predicted octanol–water partition coefficient (Wildman–Crippen LogP) is 0.102. The number of nitriles is 1. The van der Waals surface area contributed by atoms with Crippen LogP contribution in [0.15, 0.2) is 23.5 Å². The number of hydrogen-bond acceptors (Lipinski definition) is 7. The number of nitrogen functional groups attached to an aromatic ring is 1. The van der Waals surface area contributed by atoms with Crippen molar-refractivity contribution in [3.05, 3.63) is 23.9 Å². The van der Waals surface area contributed by atoms with E-state index in [-0.39, 0.29) is 10.9 Å². The second-order valence-corrected chi connectivity index (χ2v) is 4.35. The maximum absolute atomic E-state index is 10.5. The fourth-order valence-electron chi connectivity index (χ4n) is 1.27. The maximum atomic E-state index is 10.5. The third-order valence-corrected chi connectivity index (χ3v) is 3.04. The lowest BCUT2D eigenvalue weighted by Gasteiger charge is -2.01. The van der Waals surface area contributed by atoms with Crippen molar-refractivity contribution in [1.82, 2.24) is 19.9 Å². The van der Waals surface area contributed by atoms with Crippen molar-refractivity contribution in [2.24, 2.45) is 0 Å². The number of carboxylic acids is 1. The molecule has 0 aliphatic carbocycles. The van der Waals surface area contributed by atoms with E-state index in [0.717, 1.165) is 11.8 Å². The van der Waals surface area contributed by atoms with Crippen LogP contribution in [0.4, 0.5) is 0 Å². The first kappa shape index (κ1) is 12.8. The van der Waals surface area contributed by atoms with Crippen LogP contribution in [0, 0.1) is 11.3 Å². The molecule has 2 aromatic rings. The van der Waals surface area contributed by atoms with Crippen molar-refractivity contribution >= 4 is 17.7 Å². The van der Waals surface area contributed by atoms with E-state index < -0.39 is 5.97 Å². The lowest BCUT2D eigenvalue weighted by molar-refractivity contribution is -0.133. The van der Waals surface area contributed by atoms with Gasteiger partial charge in [0.1, 0.15) is 11.8 Å². The summed E-state index contributed by atoms with van der Waals surface area (Å²) < 4.78 is 1.17. The van der Waals surface area contributed by atoms with Crippen molar-refractivity contribution in [2.45, 2.75) is 5.16 Å². The fraction of sp³-hybridized carbons (Fsp3) is 0.100. The van der Waals surface area contributed by atoms with Crippen molar-refractivity contribution in [3.63, 3.8) is 0 Å². The molecule has 2 rings (SSSR count). The summed E-state index contributed by atoms with van der Waals surface area (Å²) in [7, 11) is 0. The number of nitrogens with zero attached hydrogens (tertiary/aromatic N) is 5. The van der Waals surface area contributed by atoms with E-state index >= 15 is 0 Å². The SMILES string of the molecule is N#Cc1ccc(-c2nnc(SCC(=O)O)n2N)nc1. The van der Waals surface area contributed by atoms with Crippen molar-refractivity contribution in [3.8, 4) is 17.6 Å². The Hall–Kier alpha value is -2.60. The molecule has 9 heteroatoms. The maximum Gasteiger partial charge on any atom is 0.313 e. The van der Waals surface area contributed by atoms with E-state index in [9.17, 15) is 4.79 Å². The van der Waals surface area contributed by atoms with Crippen LogP contribution >= 0.6 is 11.8 Å². The lowest BCUT2D eigenvalue weighted by Crippen LogP contribution is -2.13. The summed E-state index contributed by atoms with van der Waals surface area (Å²) in [6.45, 7) is 0. The number of carbonyl (C=O) groups is 1. The van der Waals surface area contributed by atoms with Gasteiger partial charge in [0.05, 0.1) is 11.3 Å². The Morgan fingerprint density at radius 2 is 2.32 bits per heavy atom. The third kappa shape index (κ3) is 2.80. The van der Waals surface area contributed by atoms with E-state index in [0.29, 0.717) is 17.1 Å². The van der Waals surface area contributed by atoms with E-state index in [2.05, 4.69) is 15.2 Å². The van der Waals surface area contributed by atoms with Crippen LogP contribution in [0.2, 0.25) is 0 Å². The average molecular weight is 276 g/mol. The Kier molecular flexibility index (Phi) is 3.63. The Morgan fingerprint density at radius 3 is 2.89 bits per heavy atom. The molecule has 8 nitrogen and oxygen atoms in total. The molecule has 3 N–H and O–H groups in total. The van der Waals surface area contributed by atoms with Gasteiger partial charge >= 0.3 is 5.97 Å². The van der Waals surface area contributed by atoms with Crippen molar-refractivity contribution in [2.75, 3.05) is 11.6 Å². The van der Waals surface area contributed by atoms with Gasteiger partial charge in [-0.3, -0.25) is 9.78 Å². The molecule has 0 fully saturated rings. The van der Waals surface area contributed by atoms with Gasteiger partial charge in [0.15, 0.2) is 0 Å². The predicted molar refractivity (Wildman–Crippen MR) is 66.5 cm³/mol. The summed E-state index contributed by atoms with van der Waals surface area (Å²) in [5.41, 5.74) is 0.878. The van der Waals surface area contributed by atoms with Gasteiger partial charge in [-0.2, -0.15) is 5.26 Å². The molecule has 19 heavy (non-hydrogen) atoms. The minimum absolute atomic E-state index is 0.157. The minimum atomic E-state index is -0.967. The van der Waals surface area contributed by atoms with Crippen LogP contribution in [-0.4, -0.2) is 36.7 Å². The largest absolute Gasteiger partial charge is 0.481 e. The molecular weight excluding hydrogens is 268 g/mol. The molecule has 0 bridgehead atoms. The summed E-state index contributed by atoms with van der Waals surface area (Å²) in [6, 6.07) is 5.13. The van der Waals surface area contributed by atoms with E-state index in [1.807, 2.05) is 6.07 Å². The average Bonchev–Trinajstić information content (AvgIpc) is 2.78. The molecule has 0 spiro atoms. The molecule has 96 valence electrons. The fourth-order valence-corrected chi connectivity index (χ4v) is 1.85. The van der Waals surface area contributed by atoms with Gasteiger partial charge in [-0.1, -0.05) is 11.8 Å². The number of carboxylic acid groups (broad SMARTS) is 1.